The molecule has 1 N–H and O–H groups in total. The Balaban J connectivity index is 2.29. The Labute approximate surface area is 88.6 Å². The number of rotatable bonds is 6. The third kappa shape index (κ3) is 4.12. The summed E-state index contributed by atoms with van der Waals surface area (Å²) < 4.78 is 5.01. The van der Waals surface area contributed by atoms with Crippen molar-refractivity contribution in [2.75, 3.05) is 13.1 Å². The maximum Gasteiger partial charge on any atom is 0.433 e. The van der Waals surface area contributed by atoms with Gasteiger partial charge in [0, 0.05) is 13.0 Å². The first-order chi connectivity index (χ1) is 7.09. The van der Waals surface area contributed by atoms with Gasteiger partial charge < -0.3 is 9.73 Å². The SMILES string of the molecule is CC(C)CNCCc1ccc([N+](=O)[O-])o1. The summed E-state index contributed by atoms with van der Waals surface area (Å²) in [6.07, 6.45) is 0.681. The molecule has 5 nitrogen and oxygen atoms in total. The summed E-state index contributed by atoms with van der Waals surface area (Å²) in [5.74, 6) is 1.07. The van der Waals surface area contributed by atoms with Gasteiger partial charge in [-0.2, -0.15) is 0 Å². The zero-order valence-electron chi connectivity index (χ0n) is 9.03. The van der Waals surface area contributed by atoms with Crippen molar-refractivity contribution in [1.82, 2.24) is 5.32 Å². The van der Waals surface area contributed by atoms with Gasteiger partial charge in [0.05, 0.1) is 6.07 Å². The molecule has 0 aliphatic heterocycles. The Morgan fingerprint density at radius 1 is 1.53 bits per heavy atom. The lowest BCUT2D eigenvalue weighted by molar-refractivity contribution is -0.402. The van der Waals surface area contributed by atoms with E-state index in [0.717, 1.165) is 13.1 Å². The maximum absolute atomic E-state index is 10.3. The molecule has 0 saturated heterocycles. The van der Waals surface area contributed by atoms with Crippen molar-refractivity contribution in [3.05, 3.63) is 28.0 Å². The summed E-state index contributed by atoms with van der Waals surface area (Å²) in [6, 6.07) is 3.03. The lowest BCUT2D eigenvalue weighted by atomic mass is 10.2. The minimum Gasteiger partial charge on any atom is -0.406 e. The van der Waals surface area contributed by atoms with Gasteiger partial charge >= 0.3 is 5.88 Å². The van der Waals surface area contributed by atoms with E-state index in [9.17, 15) is 10.1 Å². The van der Waals surface area contributed by atoms with Gasteiger partial charge in [-0.25, -0.2) is 0 Å². The normalized spacial score (nSPS) is 10.9. The van der Waals surface area contributed by atoms with Gasteiger partial charge in [0.15, 0.2) is 0 Å². The van der Waals surface area contributed by atoms with Crippen LogP contribution in [0.4, 0.5) is 5.88 Å². The summed E-state index contributed by atoms with van der Waals surface area (Å²) in [4.78, 5) is 9.81. The number of hydrogen-bond donors (Lipinski definition) is 1. The highest BCUT2D eigenvalue weighted by Gasteiger charge is 2.10. The van der Waals surface area contributed by atoms with Crippen LogP contribution in [-0.4, -0.2) is 18.0 Å². The van der Waals surface area contributed by atoms with E-state index in [1.54, 1.807) is 6.07 Å². The van der Waals surface area contributed by atoms with Gasteiger partial charge in [0.2, 0.25) is 0 Å². The quantitative estimate of drug-likeness (QED) is 0.444. The number of nitrogens with zero attached hydrogens (tertiary/aromatic N) is 1. The minimum absolute atomic E-state index is 0.186. The third-order valence-electron chi connectivity index (χ3n) is 1.93. The molecule has 0 spiro atoms. The zero-order chi connectivity index (χ0) is 11.3. The van der Waals surface area contributed by atoms with E-state index in [4.69, 9.17) is 4.42 Å². The first kappa shape index (κ1) is 11.7. The molecule has 0 radical (unpaired) electrons. The highest BCUT2D eigenvalue weighted by Crippen LogP contribution is 2.15. The van der Waals surface area contributed by atoms with Crippen LogP contribution < -0.4 is 5.32 Å². The van der Waals surface area contributed by atoms with E-state index in [1.807, 2.05) is 0 Å². The number of nitro groups is 1. The van der Waals surface area contributed by atoms with Gasteiger partial charge in [-0.15, -0.1) is 0 Å². The predicted octanol–water partition coefficient (Wildman–Crippen LogP) is 1.98. The fraction of sp³-hybridized carbons (Fsp3) is 0.600. The fourth-order valence-corrected chi connectivity index (χ4v) is 1.20. The van der Waals surface area contributed by atoms with Crippen molar-refractivity contribution in [3.63, 3.8) is 0 Å². The van der Waals surface area contributed by atoms with Gasteiger partial charge in [-0.05, 0) is 18.5 Å². The highest BCUT2D eigenvalue weighted by atomic mass is 16.6. The molecule has 1 aromatic heterocycles. The van der Waals surface area contributed by atoms with Gasteiger partial charge in [0.1, 0.15) is 10.7 Å². The molecule has 0 bridgehead atoms. The second kappa shape index (κ2) is 5.50. The van der Waals surface area contributed by atoms with E-state index < -0.39 is 4.92 Å². The first-order valence-corrected chi connectivity index (χ1v) is 5.03. The Morgan fingerprint density at radius 3 is 2.80 bits per heavy atom. The third-order valence-corrected chi connectivity index (χ3v) is 1.93. The van der Waals surface area contributed by atoms with Gasteiger partial charge in [-0.3, -0.25) is 10.1 Å². The smallest absolute Gasteiger partial charge is 0.406 e. The average molecular weight is 212 g/mol. The molecule has 0 saturated carbocycles. The van der Waals surface area contributed by atoms with Crippen molar-refractivity contribution in [1.29, 1.82) is 0 Å². The van der Waals surface area contributed by atoms with Crippen LogP contribution in [-0.2, 0) is 6.42 Å². The summed E-state index contributed by atoms with van der Waals surface area (Å²) >= 11 is 0. The van der Waals surface area contributed by atoms with Crippen LogP contribution in [0.2, 0.25) is 0 Å². The van der Waals surface area contributed by atoms with E-state index >= 15 is 0 Å². The van der Waals surface area contributed by atoms with Crippen molar-refractivity contribution < 1.29 is 9.34 Å². The molecule has 0 fully saturated rings. The van der Waals surface area contributed by atoms with Crippen LogP contribution in [0.3, 0.4) is 0 Å². The Bertz CT molecular complexity index is 320. The summed E-state index contributed by atoms with van der Waals surface area (Å²) in [7, 11) is 0. The monoisotopic (exact) mass is 212 g/mol. The summed E-state index contributed by atoms with van der Waals surface area (Å²) in [5, 5.41) is 13.6. The Hall–Kier alpha value is -1.36. The molecule has 84 valence electrons. The molecule has 15 heavy (non-hydrogen) atoms. The van der Waals surface area contributed by atoms with Crippen LogP contribution >= 0.6 is 0 Å². The topological polar surface area (TPSA) is 68.3 Å². The molecular weight excluding hydrogens is 196 g/mol. The molecule has 0 aliphatic carbocycles. The van der Waals surface area contributed by atoms with Crippen molar-refractivity contribution in [3.8, 4) is 0 Å². The second-order valence-electron chi connectivity index (χ2n) is 3.85. The number of furan rings is 1. The molecule has 5 heteroatoms. The molecular formula is C10H16N2O3. The maximum atomic E-state index is 10.3. The van der Waals surface area contributed by atoms with E-state index in [1.165, 1.54) is 6.07 Å². The largest absolute Gasteiger partial charge is 0.433 e. The number of hydrogen-bond acceptors (Lipinski definition) is 4. The van der Waals surface area contributed by atoms with Gasteiger partial charge in [-0.1, -0.05) is 13.8 Å². The van der Waals surface area contributed by atoms with Crippen LogP contribution in [0.5, 0.6) is 0 Å². The Morgan fingerprint density at radius 2 is 2.27 bits per heavy atom. The van der Waals surface area contributed by atoms with Gasteiger partial charge in [0.25, 0.3) is 0 Å². The predicted molar refractivity (Wildman–Crippen MR) is 56.8 cm³/mol. The molecule has 0 atom stereocenters. The van der Waals surface area contributed by atoms with Crippen LogP contribution in [0.1, 0.15) is 19.6 Å². The van der Waals surface area contributed by atoms with Crippen LogP contribution in [0.15, 0.2) is 16.5 Å². The van der Waals surface area contributed by atoms with Crippen molar-refractivity contribution >= 4 is 5.88 Å². The van der Waals surface area contributed by atoms with Crippen LogP contribution in [0, 0.1) is 16.0 Å². The summed E-state index contributed by atoms with van der Waals surface area (Å²) in [5.41, 5.74) is 0. The van der Waals surface area contributed by atoms with E-state index in [-0.39, 0.29) is 5.88 Å². The fourth-order valence-electron chi connectivity index (χ4n) is 1.20. The second-order valence-corrected chi connectivity index (χ2v) is 3.85. The molecule has 0 aliphatic rings. The Kier molecular flexibility index (Phi) is 4.30. The van der Waals surface area contributed by atoms with E-state index in [2.05, 4.69) is 19.2 Å². The zero-order valence-corrected chi connectivity index (χ0v) is 9.03. The standard InChI is InChI=1S/C10H16N2O3/c1-8(2)7-11-6-5-9-3-4-10(15-9)12(13)14/h3-4,8,11H,5-7H2,1-2H3. The minimum atomic E-state index is -0.523. The lowest BCUT2D eigenvalue weighted by Crippen LogP contribution is -2.21. The molecule has 1 aromatic rings. The molecule has 0 amide bonds. The molecule has 1 rings (SSSR count). The van der Waals surface area contributed by atoms with Crippen molar-refractivity contribution in [2.45, 2.75) is 20.3 Å². The highest BCUT2D eigenvalue weighted by molar-refractivity contribution is 5.17. The first-order valence-electron chi connectivity index (χ1n) is 5.03. The number of nitrogens with one attached hydrogen (secondary N) is 1. The molecule has 1 heterocycles. The molecule has 0 aromatic carbocycles. The lowest BCUT2D eigenvalue weighted by Gasteiger charge is -2.05. The van der Waals surface area contributed by atoms with Crippen molar-refractivity contribution in [2.24, 2.45) is 5.92 Å². The van der Waals surface area contributed by atoms with Crippen LogP contribution in [0.25, 0.3) is 0 Å². The van der Waals surface area contributed by atoms with E-state index in [0.29, 0.717) is 18.1 Å². The average Bonchev–Trinajstić information content (AvgIpc) is 2.60. The summed E-state index contributed by atoms with van der Waals surface area (Å²) in [6.45, 7) is 5.99. The molecule has 0 unspecified atom stereocenters.